The summed E-state index contributed by atoms with van der Waals surface area (Å²) in [4.78, 5) is 12.9. The van der Waals surface area contributed by atoms with E-state index in [9.17, 15) is 9.18 Å². The van der Waals surface area contributed by atoms with E-state index in [1.165, 1.54) is 12.1 Å². The molecule has 134 valence electrons. The molecule has 1 heterocycles. The molecule has 0 aliphatic heterocycles. The molecule has 0 aliphatic rings. The van der Waals surface area contributed by atoms with Gasteiger partial charge >= 0.3 is 0 Å². The van der Waals surface area contributed by atoms with Crippen molar-refractivity contribution in [2.75, 3.05) is 12.3 Å². The summed E-state index contributed by atoms with van der Waals surface area (Å²) in [5.74, 6) is 0.446. The first-order chi connectivity index (χ1) is 12.7. The van der Waals surface area contributed by atoms with Crippen LogP contribution in [-0.2, 0) is 11.2 Å². The number of thioether (sulfide) groups is 1. The summed E-state index contributed by atoms with van der Waals surface area (Å²) in [5, 5.41) is 7.27. The van der Waals surface area contributed by atoms with Crippen LogP contribution in [-0.4, -0.2) is 28.0 Å². The number of rotatable bonds is 8. The number of carbonyl (C=O) groups is 1. The van der Waals surface area contributed by atoms with E-state index in [0.29, 0.717) is 18.7 Å². The van der Waals surface area contributed by atoms with E-state index in [0.717, 1.165) is 22.6 Å². The van der Waals surface area contributed by atoms with Gasteiger partial charge in [-0.05, 0) is 48.4 Å². The fraction of sp³-hybridized carbons (Fsp3) is 0.200. The Hall–Kier alpha value is -2.60. The van der Waals surface area contributed by atoms with Crippen molar-refractivity contribution >= 4 is 17.7 Å². The van der Waals surface area contributed by atoms with Gasteiger partial charge in [0.15, 0.2) is 0 Å². The van der Waals surface area contributed by atoms with Crippen LogP contribution >= 0.6 is 11.8 Å². The van der Waals surface area contributed by atoms with E-state index in [-0.39, 0.29) is 11.7 Å². The Bertz CT molecular complexity index is 834. The number of nitrogens with one attached hydrogen (secondary N) is 1. The van der Waals surface area contributed by atoms with Crippen molar-refractivity contribution in [1.82, 2.24) is 15.1 Å². The monoisotopic (exact) mass is 369 g/mol. The molecule has 1 amide bonds. The second-order valence-electron chi connectivity index (χ2n) is 5.78. The fourth-order valence-electron chi connectivity index (χ4n) is 2.44. The normalized spacial score (nSPS) is 10.7. The molecule has 0 bridgehead atoms. The van der Waals surface area contributed by atoms with Crippen LogP contribution in [0.5, 0.6) is 0 Å². The summed E-state index contributed by atoms with van der Waals surface area (Å²) in [6, 6.07) is 16.2. The minimum atomic E-state index is -0.248. The number of para-hydroxylation sites is 1. The van der Waals surface area contributed by atoms with Gasteiger partial charge in [0.1, 0.15) is 5.82 Å². The topological polar surface area (TPSA) is 46.9 Å². The van der Waals surface area contributed by atoms with Crippen molar-refractivity contribution in [1.29, 1.82) is 0 Å². The first-order valence-corrected chi connectivity index (χ1v) is 9.43. The zero-order chi connectivity index (χ0) is 18.2. The number of benzene rings is 2. The van der Waals surface area contributed by atoms with Gasteiger partial charge in [0.2, 0.25) is 5.91 Å². The third-order valence-electron chi connectivity index (χ3n) is 3.80. The van der Waals surface area contributed by atoms with Crippen LogP contribution < -0.4 is 5.32 Å². The highest BCUT2D eigenvalue weighted by molar-refractivity contribution is 7.99. The summed E-state index contributed by atoms with van der Waals surface area (Å²) < 4.78 is 14.7. The Kier molecular flexibility index (Phi) is 6.44. The molecule has 0 spiro atoms. The number of halogens is 1. The minimum Gasteiger partial charge on any atom is -0.356 e. The van der Waals surface area contributed by atoms with Crippen LogP contribution in [0.1, 0.15) is 12.0 Å². The second-order valence-corrected chi connectivity index (χ2v) is 6.95. The minimum absolute atomic E-state index is 0.0232. The molecular formula is C20H20FN3OS. The van der Waals surface area contributed by atoms with E-state index in [1.54, 1.807) is 23.9 Å². The maximum absolute atomic E-state index is 12.8. The molecule has 0 radical (unpaired) electrons. The lowest BCUT2D eigenvalue weighted by molar-refractivity contribution is -0.120. The summed E-state index contributed by atoms with van der Waals surface area (Å²) in [5.41, 5.74) is 2.09. The lowest BCUT2D eigenvalue weighted by Crippen LogP contribution is -2.25. The van der Waals surface area contributed by atoms with Crippen LogP contribution in [0.25, 0.3) is 5.69 Å². The van der Waals surface area contributed by atoms with E-state index in [1.807, 2.05) is 47.4 Å². The van der Waals surface area contributed by atoms with Crippen molar-refractivity contribution in [2.45, 2.75) is 17.7 Å². The van der Waals surface area contributed by atoms with Crippen molar-refractivity contribution in [3.05, 3.63) is 78.4 Å². The number of amides is 1. The highest BCUT2D eigenvalue weighted by Crippen LogP contribution is 2.18. The second kappa shape index (κ2) is 9.20. The van der Waals surface area contributed by atoms with Crippen LogP contribution in [0.15, 0.2) is 71.9 Å². The number of hydrogen-bond acceptors (Lipinski definition) is 3. The fourth-order valence-corrected chi connectivity index (χ4v) is 3.29. The Morgan fingerprint density at radius 3 is 2.65 bits per heavy atom. The Morgan fingerprint density at radius 2 is 1.88 bits per heavy atom. The highest BCUT2D eigenvalue weighted by atomic mass is 32.2. The SMILES string of the molecule is O=C(CCSc1ccc(F)cc1)NCCc1cnn(-c2ccccc2)c1. The molecule has 0 aliphatic carbocycles. The molecule has 6 heteroatoms. The smallest absolute Gasteiger partial charge is 0.220 e. The highest BCUT2D eigenvalue weighted by Gasteiger charge is 2.04. The molecule has 1 N–H and O–H groups in total. The van der Waals surface area contributed by atoms with Crippen molar-refractivity contribution < 1.29 is 9.18 Å². The summed E-state index contributed by atoms with van der Waals surface area (Å²) in [6.45, 7) is 0.584. The molecule has 2 aromatic carbocycles. The van der Waals surface area contributed by atoms with E-state index < -0.39 is 0 Å². The average Bonchev–Trinajstić information content (AvgIpc) is 3.13. The maximum atomic E-state index is 12.8. The summed E-state index contributed by atoms with van der Waals surface area (Å²) in [6.07, 6.45) is 4.98. The van der Waals surface area contributed by atoms with Crippen LogP contribution in [0.2, 0.25) is 0 Å². The number of nitrogens with zero attached hydrogens (tertiary/aromatic N) is 2. The zero-order valence-electron chi connectivity index (χ0n) is 14.3. The third-order valence-corrected chi connectivity index (χ3v) is 4.82. The van der Waals surface area contributed by atoms with Gasteiger partial charge in [-0.3, -0.25) is 4.79 Å². The van der Waals surface area contributed by atoms with Crippen molar-refractivity contribution in [3.63, 3.8) is 0 Å². The predicted octanol–water partition coefficient (Wildman–Crippen LogP) is 3.85. The van der Waals surface area contributed by atoms with Crippen molar-refractivity contribution in [3.8, 4) is 5.69 Å². The van der Waals surface area contributed by atoms with Gasteiger partial charge in [-0.1, -0.05) is 18.2 Å². The van der Waals surface area contributed by atoms with Gasteiger partial charge in [-0.25, -0.2) is 9.07 Å². The molecule has 26 heavy (non-hydrogen) atoms. The van der Waals surface area contributed by atoms with E-state index >= 15 is 0 Å². The summed E-state index contributed by atoms with van der Waals surface area (Å²) >= 11 is 1.55. The number of aromatic nitrogens is 2. The molecule has 0 saturated heterocycles. The molecule has 3 aromatic rings. The third kappa shape index (κ3) is 5.46. The Labute approximate surface area is 156 Å². The van der Waals surface area contributed by atoms with Gasteiger partial charge < -0.3 is 5.32 Å². The largest absolute Gasteiger partial charge is 0.356 e. The maximum Gasteiger partial charge on any atom is 0.220 e. The van der Waals surface area contributed by atoms with Crippen molar-refractivity contribution in [2.24, 2.45) is 0 Å². The van der Waals surface area contributed by atoms with Gasteiger partial charge in [-0.15, -0.1) is 11.8 Å². The molecule has 1 aromatic heterocycles. The van der Waals surface area contributed by atoms with Crippen LogP contribution in [0.3, 0.4) is 0 Å². The number of hydrogen-bond donors (Lipinski definition) is 1. The van der Waals surface area contributed by atoms with Crippen LogP contribution in [0, 0.1) is 5.82 Å². The first kappa shape index (κ1) is 18.2. The summed E-state index contributed by atoms with van der Waals surface area (Å²) in [7, 11) is 0. The first-order valence-electron chi connectivity index (χ1n) is 8.45. The zero-order valence-corrected chi connectivity index (χ0v) is 15.1. The molecule has 0 saturated carbocycles. The van der Waals surface area contributed by atoms with E-state index in [4.69, 9.17) is 0 Å². The van der Waals surface area contributed by atoms with Gasteiger partial charge in [-0.2, -0.15) is 5.10 Å². The molecule has 0 unspecified atom stereocenters. The lowest BCUT2D eigenvalue weighted by atomic mass is 10.2. The van der Waals surface area contributed by atoms with Gasteiger partial charge in [0, 0.05) is 29.8 Å². The number of carbonyl (C=O) groups excluding carboxylic acids is 1. The van der Waals surface area contributed by atoms with E-state index in [2.05, 4.69) is 10.4 Å². The van der Waals surface area contributed by atoms with Gasteiger partial charge in [0.25, 0.3) is 0 Å². The molecular weight excluding hydrogens is 349 g/mol. The quantitative estimate of drug-likeness (QED) is 0.614. The Morgan fingerprint density at radius 1 is 1.12 bits per heavy atom. The molecule has 4 nitrogen and oxygen atoms in total. The Balaban J connectivity index is 1.36. The predicted molar refractivity (Wildman–Crippen MR) is 102 cm³/mol. The van der Waals surface area contributed by atoms with Crippen LogP contribution in [0.4, 0.5) is 4.39 Å². The molecule has 3 rings (SSSR count). The standard InChI is InChI=1S/C20H20FN3OS/c21-17-6-8-19(9-7-17)26-13-11-20(25)22-12-10-16-14-23-24(15-16)18-4-2-1-3-5-18/h1-9,14-15H,10-13H2,(H,22,25). The molecule has 0 atom stereocenters. The average molecular weight is 369 g/mol. The lowest BCUT2D eigenvalue weighted by Gasteiger charge is -2.04. The van der Waals surface area contributed by atoms with Gasteiger partial charge in [0.05, 0.1) is 11.9 Å². The molecule has 0 fully saturated rings.